The summed E-state index contributed by atoms with van der Waals surface area (Å²) in [7, 11) is -3.46. The molecule has 3 nitrogen and oxygen atoms in total. The second-order valence-electron chi connectivity index (χ2n) is 4.26. The van der Waals surface area contributed by atoms with E-state index in [4.69, 9.17) is 0 Å². The number of hydrogen-bond donors (Lipinski definition) is 1. The van der Waals surface area contributed by atoms with E-state index in [-0.39, 0.29) is 0 Å². The Labute approximate surface area is 125 Å². The minimum Gasteiger partial charge on any atom is -0.207 e. The van der Waals surface area contributed by atoms with Crippen LogP contribution in [0.5, 0.6) is 0 Å². The molecule has 0 saturated carbocycles. The van der Waals surface area contributed by atoms with Crippen LogP contribution < -0.4 is 4.72 Å². The molecule has 0 saturated heterocycles. The summed E-state index contributed by atoms with van der Waals surface area (Å²) in [6.07, 6.45) is 0. The Morgan fingerprint density at radius 2 is 1.95 bits per heavy atom. The quantitative estimate of drug-likeness (QED) is 0.906. The number of hydrogen-bond acceptors (Lipinski definition) is 3. The molecule has 0 spiro atoms. The third-order valence-corrected chi connectivity index (χ3v) is 6.23. The Morgan fingerprint density at radius 3 is 2.53 bits per heavy atom. The number of benzene rings is 1. The van der Waals surface area contributed by atoms with Gasteiger partial charge in [-0.05, 0) is 64.5 Å². The first-order chi connectivity index (χ1) is 8.90. The van der Waals surface area contributed by atoms with Gasteiger partial charge in [-0.3, -0.25) is 0 Å². The third-order valence-electron chi connectivity index (χ3n) is 2.90. The van der Waals surface area contributed by atoms with E-state index in [1.54, 1.807) is 12.1 Å². The Morgan fingerprint density at radius 1 is 1.21 bits per heavy atom. The summed E-state index contributed by atoms with van der Waals surface area (Å²) < 4.78 is 27.9. The van der Waals surface area contributed by atoms with Gasteiger partial charge in [-0.25, -0.2) is 13.1 Å². The monoisotopic (exact) mass is 359 g/mol. The molecule has 2 aromatic rings. The fraction of sp³-hybridized carbons (Fsp3) is 0.231. The van der Waals surface area contributed by atoms with Crippen molar-refractivity contribution in [3.63, 3.8) is 0 Å². The second-order valence-corrected chi connectivity index (χ2v) is 7.88. The molecule has 0 aliphatic heterocycles. The van der Waals surface area contributed by atoms with Gasteiger partial charge in [0.05, 0.1) is 4.90 Å². The third kappa shape index (κ3) is 3.45. The highest BCUT2D eigenvalue weighted by Gasteiger charge is 2.15. The molecular weight excluding hydrogens is 346 g/mol. The Hall–Kier alpha value is -0.690. The zero-order chi connectivity index (χ0) is 14.0. The number of rotatable bonds is 4. The van der Waals surface area contributed by atoms with E-state index < -0.39 is 10.0 Å². The number of thiophene rings is 1. The highest BCUT2D eigenvalue weighted by Crippen LogP contribution is 2.23. The van der Waals surface area contributed by atoms with Crippen LogP contribution >= 0.6 is 27.3 Å². The first-order valence-corrected chi connectivity index (χ1v) is 8.84. The standard InChI is InChI=1S/C13H14BrNO2S2/c1-9-3-4-11(7-10(9)2)19(16,17)15-8-13-12(14)5-6-18-13/h3-7,15H,8H2,1-2H3. The molecule has 102 valence electrons. The Bertz CT molecular complexity index is 692. The molecule has 19 heavy (non-hydrogen) atoms. The second kappa shape index (κ2) is 5.75. The zero-order valence-electron chi connectivity index (χ0n) is 10.6. The molecular formula is C13H14BrNO2S2. The molecule has 0 aliphatic carbocycles. The van der Waals surface area contributed by atoms with Crippen LogP contribution in [0.1, 0.15) is 16.0 Å². The molecule has 1 N–H and O–H groups in total. The lowest BCUT2D eigenvalue weighted by molar-refractivity contribution is 0.581. The SMILES string of the molecule is Cc1ccc(S(=O)(=O)NCc2sccc2Br)cc1C. The van der Waals surface area contributed by atoms with E-state index in [0.717, 1.165) is 20.5 Å². The van der Waals surface area contributed by atoms with Crippen molar-refractivity contribution in [2.75, 3.05) is 0 Å². The highest BCUT2D eigenvalue weighted by atomic mass is 79.9. The van der Waals surface area contributed by atoms with Gasteiger partial charge >= 0.3 is 0 Å². The first-order valence-electron chi connectivity index (χ1n) is 5.69. The van der Waals surface area contributed by atoms with Crippen LogP contribution in [0.4, 0.5) is 0 Å². The lowest BCUT2D eigenvalue weighted by atomic mass is 10.1. The van der Waals surface area contributed by atoms with Gasteiger partial charge in [0.25, 0.3) is 0 Å². The average Bonchev–Trinajstić information content (AvgIpc) is 2.76. The van der Waals surface area contributed by atoms with Crippen LogP contribution in [0.25, 0.3) is 0 Å². The normalized spacial score (nSPS) is 11.7. The van der Waals surface area contributed by atoms with Gasteiger partial charge in [0.1, 0.15) is 0 Å². The van der Waals surface area contributed by atoms with Gasteiger partial charge < -0.3 is 0 Å². The van der Waals surface area contributed by atoms with Crippen molar-refractivity contribution in [1.82, 2.24) is 4.72 Å². The van der Waals surface area contributed by atoms with Gasteiger partial charge in [-0.2, -0.15) is 0 Å². The number of sulfonamides is 1. The molecule has 1 aromatic heterocycles. The summed E-state index contributed by atoms with van der Waals surface area (Å²) >= 11 is 4.90. The predicted molar refractivity (Wildman–Crippen MR) is 82.0 cm³/mol. The lowest BCUT2D eigenvalue weighted by Crippen LogP contribution is -2.23. The number of nitrogens with one attached hydrogen (secondary N) is 1. The molecule has 1 heterocycles. The van der Waals surface area contributed by atoms with Gasteiger partial charge in [0, 0.05) is 15.9 Å². The molecule has 2 rings (SSSR count). The van der Waals surface area contributed by atoms with Crippen molar-refractivity contribution >= 4 is 37.3 Å². The van der Waals surface area contributed by atoms with Gasteiger partial charge in [0.15, 0.2) is 0 Å². The largest absolute Gasteiger partial charge is 0.240 e. The van der Waals surface area contributed by atoms with Crippen molar-refractivity contribution in [3.05, 3.63) is 50.1 Å². The first kappa shape index (κ1) is 14.7. The molecule has 6 heteroatoms. The zero-order valence-corrected chi connectivity index (χ0v) is 13.8. The predicted octanol–water partition coefficient (Wildman–Crippen LogP) is 3.61. The van der Waals surface area contributed by atoms with E-state index in [1.807, 2.05) is 31.4 Å². The smallest absolute Gasteiger partial charge is 0.207 e. The maximum Gasteiger partial charge on any atom is 0.240 e. The molecule has 0 aliphatic rings. The average molecular weight is 360 g/mol. The summed E-state index contributed by atoms with van der Waals surface area (Å²) in [5.41, 5.74) is 2.06. The summed E-state index contributed by atoms with van der Waals surface area (Å²) in [4.78, 5) is 1.27. The van der Waals surface area contributed by atoms with Crippen LogP contribution in [-0.4, -0.2) is 8.42 Å². The molecule has 0 amide bonds. The topological polar surface area (TPSA) is 46.2 Å². The van der Waals surface area contributed by atoms with Crippen molar-refractivity contribution in [2.24, 2.45) is 0 Å². The van der Waals surface area contributed by atoms with E-state index in [2.05, 4.69) is 20.7 Å². The maximum absolute atomic E-state index is 12.2. The molecule has 1 aromatic carbocycles. The summed E-state index contributed by atoms with van der Waals surface area (Å²) in [6, 6.07) is 7.06. The molecule has 0 radical (unpaired) electrons. The molecule has 0 fully saturated rings. The maximum atomic E-state index is 12.2. The van der Waals surface area contributed by atoms with Gasteiger partial charge in [-0.1, -0.05) is 6.07 Å². The number of aryl methyl sites for hydroxylation is 2. The minimum absolute atomic E-state index is 0.299. The molecule has 0 unspecified atom stereocenters. The van der Waals surface area contributed by atoms with Crippen LogP contribution in [0.15, 0.2) is 39.0 Å². The van der Waals surface area contributed by atoms with E-state index in [1.165, 1.54) is 11.3 Å². The van der Waals surface area contributed by atoms with E-state index in [9.17, 15) is 8.42 Å². The summed E-state index contributed by atoms with van der Waals surface area (Å²) in [5, 5.41) is 1.92. The highest BCUT2D eigenvalue weighted by molar-refractivity contribution is 9.10. The molecule has 0 atom stereocenters. The summed E-state index contributed by atoms with van der Waals surface area (Å²) in [6.45, 7) is 4.17. The van der Waals surface area contributed by atoms with Crippen LogP contribution in [0.2, 0.25) is 0 Å². The fourth-order valence-corrected chi connectivity index (χ4v) is 4.18. The lowest BCUT2D eigenvalue weighted by Gasteiger charge is -2.08. The van der Waals surface area contributed by atoms with E-state index >= 15 is 0 Å². The van der Waals surface area contributed by atoms with Gasteiger partial charge in [0.2, 0.25) is 10.0 Å². The van der Waals surface area contributed by atoms with E-state index in [0.29, 0.717) is 11.4 Å². The van der Waals surface area contributed by atoms with Crippen LogP contribution in [0.3, 0.4) is 0 Å². The van der Waals surface area contributed by atoms with Gasteiger partial charge in [-0.15, -0.1) is 11.3 Å². The number of halogens is 1. The summed E-state index contributed by atoms with van der Waals surface area (Å²) in [5.74, 6) is 0. The minimum atomic E-state index is -3.46. The van der Waals surface area contributed by atoms with Crippen molar-refractivity contribution < 1.29 is 8.42 Å². The van der Waals surface area contributed by atoms with Crippen molar-refractivity contribution in [3.8, 4) is 0 Å². The van der Waals surface area contributed by atoms with Crippen molar-refractivity contribution in [2.45, 2.75) is 25.3 Å². The molecule has 0 bridgehead atoms. The Kier molecular flexibility index (Phi) is 4.45. The van der Waals surface area contributed by atoms with Crippen LogP contribution in [0, 0.1) is 13.8 Å². The van der Waals surface area contributed by atoms with Crippen molar-refractivity contribution in [1.29, 1.82) is 0 Å². The van der Waals surface area contributed by atoms with Crippen LogP contribution in [-0.2, 0) is 16.6 Å². The Balaban J connectivity index is 2.18. The fourth-order valence-electron chi connectivity index (χ4n) is 1.58.